The summed E-state index contributed by atoms with van der Waals surface area (Å²) in [6.45, 7) is 9.43. The van der Waals surface area contributed by atoms with Gasteiger partial charge in [-0.25, -0.2) is 0 Å². The average Bonchev–Trinajstić information content (AvgIpc) is 2.00. The molecule has 0 aliphatic carbocycles. The molecule has 1 atom stereocenters. The molecule has 0 aromatic carbocycles. The van der Waals surface area contributed by atoms with E-state index in [1.54, 1.807) is 0 Å². The molecule has 0 aromatic heterocycles. The maximum absolute atomic E-state index is 8.53. The number of hydrogen-bond donors (Lipinski definition) is 1. The van der Waals surface area contributed by atoms with E-state index in [0.29, 0.717) is 19.6 Å². The van der Waals surface area contributed by atoms with Crippen LogP contribution in [0.2, 0.25) is 0 Å². The number of rotatable bonds is 6. The van der Waals surface area contributed by atoms with E-state index in [1.807, 2.05) is 27.7 Å². The lowest BCUT2D eigenvalue weighted by Crippen LogP contribution is -2.26. The van der Waals surface area contributed by atoms with Crippen LogP contribution in [0.4, 0.5) is 0 Å². The highest BCUT2D eigenvalue weighted by Crippen LogP contribution is 2.08. The first kappa shape index (κ1) is 12.9. The molecule has 13 heavy (non-hydrogen) atoms. The summed E-state index contributed by atoms with van der Waals surface area (Å²) in [5.41, 5.74) is -0.103. The lowest BCUT2D eigenvalue weighted by molar-refractivity contribution is -0.0678. The van der Waals surface area contributed by atoms with Gasteiger partial charge in [0.1, 0.15) is 0 Å². The van der Waals surface area contributed by atoms with E-state index in [1.165, 1.54) is 0 Å². The molecule has 0 amide bonds. The van der Waals surface area contributed by atoms with Gasteiger partial charge in [0.25, 0.3) is 0 Å². The predicted octanol–water partition coefficient (Wildman–Crippen LogP) is 1.59. The van der Waals surface area contributed by atoms with Crippen molar-refractivity contribution >= 4 is 0 Å². The van der Waals surface area contributed by atoms with E-state index in [2.05, 4.69) is 0 Å². The minimum absolute atomic E-state index is 0.103. The van der Waals surface area contributed by atoms with Gasteiger partial charge in [-0.3, -0.25) is 0 Å². The Bertz CT molecular complexity index is 118. The first-order valence-electron chi connectivity index (χ1n) is 4.82. The monoisotopic (exact) mass is 190 g/mol. The highest BCUT2D eigenvalue weighted by Gasteiger charge is 2.12. The number of aliphatic hydroxyl groups is 1. The molecule has 1 unspecified atom stereocenters. The van der Waals surface area contributed by atoms with E-state index >= 15 is 0 Å². The van der Waals surface area contributed by atoms with E-state index < -0.39 is 0 Å². The zero-order valence-electron chi connectivity index (χ0n) is 9.17. The van der Waals surface area contributed by atoms with Gasteiger partial charge in [0, 0.05) is 13.2 Å². The van der Waals surface area contributed by atoms with Crippen LogP contribution in [0.3, 0.4) is 0 Å². The Morgan fingerprint density at radius 1 is 1.31 bits per heavy atom. The first-order chi connectivity index (χ1) is 5.95. The SMILES string of the molecule is CC(COC(C)(C)C)OCCCO. The third-order valence-corrected chi connectivity index (χ3v) is 1.46. The summed E-state index contributed by atoms with van der Waals surface area (Å²) in [7, 11) is 0. The summed E-state index contributed by atoms with van der Waals surface area (Å²) in [4.78, 5) is 0. The second-order valence-corrected chi connectivity index (χ2v) is 4.18. The van der Waals surface area contributed by atoms with Crippen LogP contribution in [0.1, 0.15) is 34.1 Å². The summed E-state index contributed by atoms with van der Waals surface area (Å²) >= 11 is 0. The Hall–Kier alpha value is -0.120. The maximum atomic E-state index is 8.53. The first-order valence-corrected chi connectivity index (χ1v) is 4.82. The Kier molecular flexibility index (Phi) is 6.29. The minimum Gasteiger partial charge on any atom is -0.396 e. The lowest BCUT2D eigenvalue weighted by atomic mass is 10.2. The second kappa shape index (κ2) is 6.35. The van der Waals surface area contributed by atoms with E-state index in [4.69, 9.17) is 14.6 Å². The molecule has 3 nitrogen and oxygen atoms in total. The van der Waals surface area contributed by atoms with Crippen molar-refractivity contribution in [2.75, 3.05) is 19.8 Å². The average molecular weight is 190 g/mol. The zero-order chi connectivity index (χ0) is 10.3. The molecule has 0 aliphatic heterocycles. The van der Waals surface area contributed by atoms with Crippen LogP contribution in [-0.4, -0.2) is 36.6 Å². The largest absolute Gasteiger partial charge is 0.396 e. The molecule has 1 N–H and O–H groups in total. The van der Waals surface area contributed by atoms with Crippen molar-refractivity contribution in [1.82, 2.24) is 0 Å². The number of aliphatic hydroxyl groups excluding tert-OH is 1. The molecule has 0 fully saturated rings. The van der Waals surface area contributed by atoms with Gasteiger partial charge in [0.15, 0.2) is 0 Å². The third kappa shape index (κ3) is 9.80. The van der Waals surface area contributed by atoms with Crippen molar-refractivity contribution in [1.29, 1.82) is 0 Å². The van der Waals surface area contributed by atoms with Crippen LogP contribution in [0.25, 0.3) is 0 Å². The summed E-state index contributed by atoms with van der Waals surface area (Å²) in [6.07, 6.45) is 0.797. The smallest absolute Gasteiger partial charge is 0.0780 e. The van der Waals surface area contributed by atoms with Gasteiger partial charge in [-0.05, 0) is 34.1 Å². The van der Waals surface area contributed by atoms with Crippen LogP contribution in [0, 0.1) is 0 Å². The molecule has 0 heterocycles. The van der Waals surface area contributed by atoms with Crippen LogP contribution < -0.4 is 0 Å². The molecule has 0 rings (SSSR count). The second-order valence-electron chi connectivity index (χ2n) is 4.18. The van der Waals surface area contributed by atoms with Crippen molar-refractivity contribution in [3.8, 4) is 0 Å². The van der Waals surface area contributed by atoms with Gasteiger partial charge in [0.2, 0.25) is 0 Å². The molecule has 80 valence electrons. The Morgan fingerprint density at radius 2 is 1.92 bits per heavy atom. The van der Waals surface area contributed by atoms with Gasteiger partial charge in [-0.1, -0.05) is 0 Å². The molecular formula is C10H22O3. The summed E-state index contributed by atoms with van der Waals surface area (Å²) < 4.78 is 10.9. The van der Waals surface area contributed by atoms with Gasteiger partial charge < -0.3 is 14.6 Å². The fraction of sp³-hybridized carbons (Fsp3) is 1.00. The Morgan fingerprint density at radius 3 is 2.38 bits per heavy atom. The summed E-state index contributed by atoms with van der Waals surface area (Å²) in [6, 6.07) is 0. The highest BCUT2D eigenvalue weighted by molar-refractivity contribution is 4.60. The van der Waals surface area contributed by atoms with Crippen molar-refractivity contribution in [2.24, 2.45) is 0 Å². The third-order valence-electron chi connectivity index (χ3n) is 1.46. The van der Waals surface area contributed by atoms with Gasteiger partial charge in [-0.2, -0.15) is 0 Å². The fourth-order valence-corrected chi connectivity index (χ4v) is 0.765. The van der Waals surface area contributed by atoms with Crippen LogP contribution >= 0.6 is 0 Å². The highest BCUT2D eigenvalue weighted by atomic mass is 16.5. The van der Waals surface area contributed by atoms with E-state index in [-0.39, 0.29) is 18.3 Å². The fourth-order valence-electron chi connectivity index (χ4n) is 0.765. The standard InChI is InChI=1S/C10H22O3/c1-9(12-7-5-6-11)8-13-10(2,3)4/h9,11H,5-8H2,1-4H3. The molecular weight excluding hydrogens is 168 g/mol. The topological polar surface area (TPSA) is 38.7 Å². The molecule has 0 saturated carbocycles. The van der Waals surface area contributed by atoms with Gasteiger partial charge in [0.05, 0.1) is 18.3 Å². The molecule has 0 radical (unpaired) electrons. The van der Waals surface area contributed by atoms with Crippen LogP contribution in [0.5, 0.6) is 0 Å². The van der Waals surface area contributed by atoms with Gasteiger partial charge >= 0.3 is 0 Å². The molecule has 0 aliphatic rings. The van der Waals surface area contributed by atoms with Crippen LogP contribution in [0.15, 0.2) is 0 Å². The number of ether oxygens (including phenoxy) is 2. The van der Waals surface area contributed by atoms with E-state index in [0.717, 1.165) is 0 Å². The molecule has 0 spiro atoms. The lowest BCUT2D eigenvalue weighted by Gasteiger charge is -2.22. The Labute approximate surface area is 81.0 Å². The van der Waals surface area contributed by atoms with E-state index in [9.17, 15) is 0 Å². The normalized spacial score (nSPS) is 14.5. The van der Waals surface area contributed by atoms with Crippen molar-refractivity contribution in [3.05, 3.63) is 0 Å². The molecule has 3 heteroatoms. The van der Waals surface area contributed by atoms with Crippen molar-refractivity contribution in [3.63, 3.8) is 0 Å². The quantitative estimate of drug-likeness (QED) is 0.646. The van der Waals surface area contributed by atoms with Crippen molar-refractivity contribution in [2.45, 2.75) is 45.8 Å². The Balaban J connectivity index is 3.35. The zero-order valence-corrected chi connectivity index (χ0v) is 9.17. The summed E-state index contributed by atoms with van der Waals surface area (Å²) in [5.74, 6) is 0. The molecule has 0 bridgehead atoms. The molecule has 0 aromatic rings. The predicted molar refractivity (Wildman–Crippen MR) is 52.8 cm³/mol. The molecule has 0 saturated heterocycles. The number of hydrogen-bond acceptors (Lipinski definition) is 3. The van der Waals surface area contributed by atoms with Crippen LogP contribution in [-0.2, 0) is 9.47 Å². The van der Waals surface area contributed by atoms with Crippen molar-refractivity contribution < 1.29 is 14.6 Å². The maximum Gasteiger partial charge on any atom is 0.0780 e. The summed E-state index contributed by atoms with van der Waals surface area (Å²) in [5, 5.41) is 8.53. The van der Waals surface area contributed by atoms with Gasteiger partial charge in [-0.15, -0.1) is 0 Å². The minimum atomic E-state index is -0.103.